The van der Waals surface area contributed by atoms with Gasteiger partial charge >= 0.3 is 12.1 Å². The van der Waals surface area contributed by atoms with Crippen LogP contribution < -0.4 is 5.32 Å². The summed E-state index contributed by atoms with van der Waals surface area (Å²) in [7, 11) is 0. The maximum absolute atomic E-state index is 12.6. The summed E-state index contributed by atoms with van der Waals surface area (Å²) in [6.07, 6.45) is -3.84. The summed E-state index contributed by atoms with van der Waals surface area (Å²) in [6, 6.07) is 6.05. The monoisotopic (exact) mass is 344 g/mol. The Kier molecular flexibility index (Phi) is 5.38. The number of aromatic nitrogens is 1. The van der Waals surface area contributed by atoms with Gasteiger partial charge in [-0.3, -0.25) is 0 Å². The van der Waals surface area contributed by atoms with Gasteiger partial charge in [0.15, 0.2) is 5.69 Å². The Bertz CT molecular complexity index is 668. The third kappa shape index (κ3) is 4.52. The highest BCUT2D eigenvalue weighted by Gasteiger charge is 2.34. The van der Waals surface area contributed by atoms with Gasteiger partial charge in [-0.15, -0.1) is 11.3 Å². The van der Waals surface area contributed by atoms with Crippen LogP contribution in [0.15, 0.2) is 29.6 Å². The normalized spacial score (nSPS) is 13.0. The fourth-order valence-electron chi connectivity index (χ4n) is 1.99. The molecule has 0 aliphatic rings. The van der Waals surface area contributed by atoms with Crippen molar-refractivity contribution < 1.29 is 23.1 Å². The molecule has 2 N–H and O–H groups in total. The quantitative estimate of drug-likeness (QED) is 0.828. The predicted octanol–water partition coefficient (Wildman–Crippen LogP) is 4.10. The Morgan fingerprint density at radius 1 is 1.35 bits per heavy atom. The van der Waals surface area contributed by atoms with E-state index in [1.807, 2.05) is 6.92 Å². The first kappa shape index (κ1) is 17.4. The van der Waals surface area contributed by atoms with Crippen LogP contribution in [0.5, 0.6) is 0 Å². The number of nitrogens with one attached hydrogen (secondary N) is 1. The van der Waals surface area contributed by atoms with E-state index in [4.69, 9.17) is 5.11 Å². The van der Waals surface area contributed by atoms with Crippen molar-refractivity contribution in [1.82, 2.24) is 10.3 Å². The molecule has 0 aliphatic heterocycles. The topological polar surface area (TPSA) is 62.2 Å². The number of alkyl halides is 3. The third-order valence-corrected chi connectivity index (χ3v) is 4.23. The van der Waals surface area contributed by atoms with Gasteiger partial charge in [0.25, 0.3) is 0 Å². The van der Waals surface area contributed by atoms with Crippen LogP contribution in [-0.4, -0.2) is 16.1 Å². The predicted molar refractivity (Wildman–Crippen MR) is 80.4 cm³/mol. The first-order valence-corrected chi connectivity index (χ1v) is 7.77. The van der Waals surface area contributed by atoms with Gasteiger partial charge in [-0.1, -0.05) is 19.1 Å². The van der Waals surface area contributed by atoms with Gasteiger partial charge in [0.05, 0.1) is 11.6 Å². The molecule has 0 bridgehead atoms. The largest absolute Gasteiger partial charge is 0.478 e. The number of benzene rings is 1. The van der Waals surface area contributed by atoms with Gasteiger partial charge in [0.2, 0.25) is 0 Å². The maximum atomic E-state index is 12.6. The van der Waals surface area contributed by atoms with E-state index >= 15 is 0 Å². The summed E-state index contributed by atoms with van der Waals surface area (Å²) in [4.78, 5) is 14.4. The second kappa shape index (κ2) is 7.10. The van der Waals surface area contributed by atoms with Gasteiger partial charge in [-0.2, -0.15) is 13.2 Å². The van der Waals surface area contributed by atoms with E-state index < -0.39 is 17.8 Å². The molecule has 23 heavy (non-hydrogen) atoms. The minimum Gasteiger partial charge on any atom is -0.478 e. The Hall–Kier alpha value is -1.93. The van der Waals surface area contributed by atoms with Crippen LogP contribution in [0.3, 0.4) is 0 Å². The van der Waals surface area contributed by atoms with E-state index in [0.29, 0.717) is 18.0 Å². The van der Waals surface area contributed by atoms with Gasteiger partial charge in [0, 0.05) is 11.9 Å². The standard InChI is InChI=1S/C15H15F3N2O2S/c1-2-11(13-20-12(8-23-13)15(16,17)18)19-7-9-3-5-10(6-4-9)14(21)22/h3-6,8,11,19H,2,7H2,1H3,(H,21,22). The van der Waals surface area contributed by atoms with Crippen molar-refractivity contribution in [3.8, 4) is 0 Å². The number of halogens is 3. The molecule has 0 spiro atoms. The number of aromatic carboxylic acids is 1. The second-order valence-corrected chi connectivity index (χ2v) is 5.80. The average molecular weight is 344 g/mol. The molecule has 0 aliphatic carbocycles. The van der Waals surface area contributed by atoms with Crippen LogP contribution in [0.1, 0.15) is 46.0 Å². The Morgan fingerprint density at radius 2 is 2.00 bits per heavy atom. The summed E-state index contributed by atoms with van der Waals surface area (Å²) in [5.74, 6) is -1.00. The SMILES string of the molecule is CCC(NCc1ccc(C(=O)O)cc1)c1nc(C(F)(F)F)cs1. The molecule has 8 heteroatoms. The number of rotatable bonds is 6. The van der Waals surface area contributed by atoms with Crippen molar-refractivity contribution in [2.45, 2.75) is 32.1 Å². The van der Waals surface area contributed by atoms with Crippen molar-refractivity contribution in [1.29, 1.82) is 0 Å². The summed E-state index contributed by atoms with van der Waals surface area (Å²) in [5.41, 5.74) is 0.167. The lowest BCUT2D eigenvalue weighted by Gasteiger charge is -2.14. The number of hydrogen-bond donors (Lipinski definition) is 2. The summed E-state index contributed by atoms with van der Waals surface area (Å²) >= 11 is 0.979. The number of carboxylic acids is 1. The number of thiazole rings is 1. The van der Waals surface area contributed by atoms with Gasteiger partial charge in [-0.05, 0) is 24.1 Å². The second-order valence-electron chi connectivity index (χ2n) is 4.91. The van der Waals surface area contributed by atoms with E-state index in [2.05, 4.69) is 10.3 Å². The lowest BCUT2D eigenvalue weighted by molar-refractivity contribution is -0.140. The molecule has 1 atom stereocenters. The Balaban J connectivity index is 2.02. The molecule has 0 amide bonds. The van der Waals surface area contributed by atoms with Crippen molar-refractivity contribution in [2.24, 2.45) is 0 Å². The van der Waals surface area contributed by atoms with Crippen LogP contribution in [0.25, 0.3) is 0 Å². The molecule has 0 saturated heterocycles. The highest BCUT2D eigenvalue weighted by atomic mass is 32.1. The molecular formula is C15H15F3N2O2S. The van der Waals surface area contributed by atoms with E-state index in [0.717, 1.165) is 22.3 Å². The molecule has 0 saturated carbocycles. The molecule has 124 valence electrons. The van der Waals surface area contributed by atoms with Crippen LogP contribution >= 0.6 is 11.3 Å². The Labute approximate surface area is 135 Å². The zero-order chi connectivity index (χ0) is 17.0. The third-order valence-electron chi connectivity index (χ3n) is 3.27. The lowest BCUT2D eigenvalue weighted by Crippen LogP contribution is -2.20. The molecule has 4 nitrogen and oxygen atoms in total. The van der Waals surface area contributed by atoms with Gasteiger partial charge < -0.3 is 10.4 Å². The smallest absolute Gasteiger partial charge is 0.434 e. The van der Waals surface area contributed by atoms with Gasteiger partial charge in [0.1, 0.15) is 5.01 Å². The molecular weight excluding hydrogens is 329 g/mol. The molecule has 0 radical (unpaired) electrons. The average Bonchev–Trinajstić information content (AvgIpc) is 2.98. The lowest BCUT2D eigenvalue weighted by atomic mass is 10.1. The molecule has 1 aromatic heterocycles. The van der Waals surface area contributed by atoms with Crippen LogP contribution in [-0.2, 0) is 12.7 Å². The van der Waals surface area contributed by atoms with Crippen LogP contribution in [0.4, 0.5) is 13.2 Å². The van der Waals surface area contributed by atoms with E-state index in [1.54, 1.807) is 12.1 Å². The zero-order valence-electron chi connectivity index (χ0n) is 12.2. The van der Waals surface area contributed by atoms with Crippen molar-refractivity contribution in [2.75, 3.05) is 0 Å². The van der Waals surface area contributed by atoms with Crippen LogP contribution in [0, 0.1) is 0 Å². The summed E-state index contributed by atoms with van der Waals surface area (Å²) in [6.45, 7) is 2.28. The van der Waals surface area contributed by atoms with E-state index in [9.17, 15) is 18.0 Å². The number of carbonyl (C=O) groups is 1. The van der Waals surface area contributed by atoms with Gasteiger partial charge in [-0.25, -0.2) is 9.78 Å². The Morgan fingerprint density at radius 3 is 2.48 bits per heavy atom. The van der Waals surface area contributed by atoms with Crippen molar-refractivity contribution >= 4 is 17.3 Å². The highest BCUT2D eigenvalue weighted by molar-refractivity contribution is 7.09. The molecule has 1 unspecified atom stereocenters. The van der Waals surface area contributed by atoms with Crippen molar-refractivity contribution in [3.05, 3.63) is 51.5 Å². The fourth-order valence-corrected chi connectivity index (χ4v) is 2.97. The highest BCUT2D eigenvalue weighted by Crippen LogP contribution is 2.32. The van der Waals surface area contributed by atoms with E-state index in [1.165, 1.54) is 12.1 Å². The minimum absolute atomic E-state index is 0.190. The molecule has 1 heterocycles. The molecule has 0 fully saturated rings. The minimum atomic E-state index is -4.43. The van der Waals surface area contributed by atoms with E-state index in [-0.39, 0.29) is 11.6 Å². The summed E-state index contributed by atoms with van der Waals surface area (Å²) < 4.78 is 37.8. The van der Waals surface area contributed by atoms with Crippen LogP contribution in [0.2, 0.25) is 0 Å². The molecule has 2 rings (SSSR count). The first-order chi connectivity index (χ1) is 10.8. The number of nitrogens with zero attached hydrogens (tertiary/aromatic N) is 1. The molecule has 1 aromatic carbocycles. The first-order valence-electron chi connectivity index (χ1n) is 6.89. The zero-order valence-corrected chi connectivity index (χ0v) is 13.0. The fraction of sp³-hybridized carbons (Fsp3) is 0.333. The summed E-state index contributed by atoms with van der Waals surface area (Å²) in [5, 5.41) is 13.4. The molecule has 2 aromatic rings. The maximum Gasteiger partial charge on any atom is 0.434 e. The number of carboxylic acid groups (broad SMARTS) is 1. The number of hydrogen-bond acceptors (Lipinski definition) is 4. The van der Waals surface area contributed by atoms with Crippen molar-refractivity contribution in [3.63, 3.8) is 0 Å².